The Morgan fingerprint density at radius 3 is 2.59 bits per heavy atom. The van der Waals surface area contributed by atoms with Crippen molar-refractivity contribution in [3.8, 4) is 5.75 Å². The Labute approximate surface area is 128 Å². The maximum atomic E-state index is 12.1. The van der Waals surface area contributed by atoms with Crippen LogP contribution in [0, 0.1) is 6.92 Å². The highest BCUT2D eigenvalue weighted by Crippen LogP contribution is 2.18. The number of carbonyl (C=O) groups excluding carboxylic acids is 1. The summed E-state index contributed by atoms with van der Waals surface area (Å²) in [5, 5.41) is 11.7. The van der Waals surface area contributed by atoms with E-state index in [1.54, 1.807) is 26.2 Å². The van der Waals surface area contributed by atoms with E-state index in [0.29, 0.717) is 17.0 Å². The molecule has 2 N–H and O–H groups in total. The molecule has 5 heteroatoms. The number of benzene rings is 2. The van der Waals surface area contributed by atoms with E-state index in [0.717, 1.165) is 5.56 Å². The lowest BCUT2D eigenvalue weighted by Gasteiger charge is -2.09. The number of hydrogen-bond acceptors (Lipinski definition) is 3. The maximum Gasteiger partial charge on any atom is 0.335 e. The fourth-order valence-corrected chi connectivity index (χ4v) is 2.10. The number of nitrogens with one attached hydrogen (secondary N) is 1. The van der Waals surface area contributed by atoms with Crippen LogP contribution in [0.2, 0.25) is 0 Å². The molecule has 0 bridgehead atoms. The minimum Gasteiger partial charge on any atom is -0.497 e. The van der Waals surface area contributed by atoms with Crippen molar-refractivity contribution >= 4 is 17.6 Å². The van der Waals surface area contributed by atoms with Crippen LogP contribution in [0.5, 0.6) is 5.75 Å². The standard InChI is InChI=1S/C17H17NO4/c1-11-8-13(17(20)21)6-7-15(11)18-16(19)10-12-4-3-5-14(9-12)22-2/h3-9H,10H2,1-2H3,(H,18,19)(H,20,21). The minimum atomic E-state index is -0.989. The Balaban J connectivity index is 2.07. The smallest absolute Gasteiger partial charge is 0.335 e. The molecule has 114 valence electrons. The molecular formula is C17H17NO4. The van der Waals surface area contributed by atoms with E-state index in [1.807, 2.05) is 18.2 Å². The van der Waals surface area contributed by atoms with Crippen molar-refractivity contribution in [3.05, 3.63) is 59.2 Å². The molecule has 2 rings (SSSR count). The lowest BCUT2D eigenvalue weighted by Crippen LogP contribution is -2.15. The Morgan fingerprint density at radius 1 is 1.18 bits per heavy atom. The molecular weight excluding hydrogens is 282 g/mol. The molecule has 0 spiro atoms. The molecule has 0 aliphatic heterocycles. The number of aromatic carboxylic acids is 1. The van der Waals surface area contributed by atoms with Gasteiger partial charge in [-0.2, -0.15) is 0 Å². The quantitative estimate of drug-likeness (QED) is 0.890. The van der Waals surface area contributed by atoms with E-state index in [9.17, 15) is 9.59 Å². The first-order valence-electron chi connectivity index (χ1n) is 6.76. The molecule has 1 amide bonds. The van der Waals surface area contributed by atoms with Gasteiger partial charge >= 0.3 is 5.97 Å². The molecule has 0 atom stereocenters. The van der Waals surface area contributed by atoms with Gasteiger partial charge in [0.2, 0.25) is 5.91 Å². The number of carbonyl (C=O) groups is 2. The van der Waals surface area contributed by atoms with Crippen molar-refractivity contribution in [2.24, 2.45) is 0 Å². The highest BCUT2D eigenvalue weighted by molar-refractivity contribution is 5.94. The number of anilines is 1. The summed E-state index contributed by atoms with van der Waals surface area (Å²) >= 11 is 0. The van der Waals surface area contributed by atoms with Crippen molar-refractivity contribution in [2.45, 2.75) is 13.3 Å². The van der Waals surface area contributed by atoms with Crippen molar-refractivity contribution < 1.29 is 19.4 Å². The molecule has 2 aromatic carbocycles. The molecule has 2 aromatic rings. The summed E-state index contributed by atoms with van der Waals surface area (Å²) in [6.45, 7) is 1.76. The molecule has 0 heterocycles. The lowest BCUT2D eigenvalue weighted by molar-refractivity contribution is -0.115. The average Bonchev–Trinajstić information content (AvgIpc) is 2.49. The number of hydrogen-bond donors (Lipinski definition) is 2. The van der Waals surface area contributed by atoms with Crippen LogP contribution in [-0.4, -0.2) is 24.1 Å². The molecule has 0 aromatic heterocycles. The summed E-state index contributed by atoms with van der Waals surface area (Å²) < 4.78 is 5.12. The third-order valence-electron chi connectivity index (χ3n) is 3.25. The molecule has 22 heavy (non-hydrogen) atoms. The van der Waals surface area contributed by atoms with E-state index in [1.165, 1.54) is 12.1 Å². The summed E-state index contributed by atoms with van der Waals surface area (Å²) in [5.74, 6) is -0.455. The first-order valence-corrected chi connectivity index (χ1v) is 6.76. The van der Waals surface area contributed by atoms with Crippen molar-refractivity contribution in [1.82, 2.24) is 0 Å². The molecule has 0 saturated heterocycles. The Kier molecular flexibility index (Phi) is 4.78. The predicted molar refractivity (Wildman–Crippen MR) is 83.5 cm³/mol. The second-order valence-corrected chi connectivity index (χ2v) is 4.91. The normalized spacial score (nSPS) is 10.1. The van der Waals surface area contributed by atoms with Gasteiger partial charge in [-0.05, 0) is 48.4 Å². The van der Waals surface area contributed by atoms with Gasteiger partial charge in [0.1, 0.15) is 5.75 Å². The van der Waals surface area contributed by atoms with Gasteiger partial charge in [-0.3, -0.25) is 4.79 Å². The van der Waals surface area contributed by atoms with Crippen LogP contribution in [0.3, 0.4) is 0 Å². The van der Waals surface area contributed by atoms with Crippen molar-refractivity contribution in [3.63, 3.8) is 0 Å². The Bertz CT molecular complexity index is 710. The second kappa shape index (κ2) is 6.76. The topological polar surface area (TPSA) is 75.6 Å². The number of methoxy groups -OCH3 is 1. The third kappa shape index (κ3) is 3.85. The summed E-state index contributed by atoms with van der Waals surface area (Å²) in [7, 11) is 1.58. The Hall–Kier alpha value is -2.82. The number of rotatable bonds is 5. The summed E-state index contributed by atoms with van der Waals surface area (Å²) in [6.07, 6.45) is 0.220. The number of aryl methyl sites for hydroxylation is 1. The van der Waals surface area contributed by atoms with Gasteiger partial charge in [-0.1, -0.05) is 12.1 Å². The van der Waals surface area contributed by atoms with E-state index in [2.05, 4.69) is 5.32 Å². The van der Waals surface area contributed by atoms with Crippen LogP contribution >= 0.6 is 0 Å². The zero-order chi connectivity index (χ0) is 16.1. The first kappa shape index (κ1) is 15.6. The van der Waals surface area contributed by atoms with Crippen molar-refractivity contribution in [2.75, 3.05) is 12.4 Å². The molecule has 0 unspecified atom stereocenters. The molecule has 0 aliphatic rings. The molecule has 5 nitrogen and oxygen atoms in total. The number of carboxylic acids is 1. The van der Waals surface area contributed by atoms with Gasteiger partial charge in [0.05, 0.1) is 19.1 Å². The summed E-state index contributed by atoms with van der Waals surface area (Å²) in [5.41, 5.74) is 2.36. The van der Waals surface area contributed by atoms with Gasteiger partial charge < -0.3 is 15.2 Å². The van der Waals surface area contributed by atoms with E-state index < -0.39 is 5.97 Å². The van der Waals surface area contributed by atoms with Crippen LogP contribution in [-0.2, 0) is 11.2 Å². The molecule has 0 saturated carbocycles. The Morgan fingerprint density at radius 2 is 1.95 bits per heavy atom. The van der Waals surface area contributed by atoms with Crippen LogP contribution < -0.4 is 10.1 Å². The van der Waals surface area contributed by atoms with E-state index in [-0.39, 0.29) is 17.9 Å². The van der Waals surface area contributed by atoms with E-state index >= 15 is 0 Å². The SMILES string of the molecule is COc1cccc(CC(=O)Nc2ccc(C(=O)O)cc2C)c1. The summed E-state index contributed by atoms with van der Waals surface area (Å²) in [4.78, 5) is 23.0. The fraction of sp³-hybridized carbons (Fsp3) is 0.176. The number of carboxylic acid groups (broad SMARTS) is 1. The van der Waals surface area contributed by atoms with Gasteiger partial charge in [0, 0.05) is 5.69 Å². The van der Waals surface area contributed by atoms with Crippen molar-refractivity contribution in [1.29, 1.82) is 0 Å². The maximum absolute atomic E-state index is 12.1. The van der Waals surface area contributed by atoms with Crippen LogP contribution in [0.15, 0.2) is 42.5 Å². The first-order chi connectivity index (χ1) is 10.5. The largest absolute Gasteiger partial charge is 0.497 e. The summed E-state index contributed by atoms with van der Waals surface area (Å²) in [6, 6.07) is 11.9. The fourth-order valence-electron chi connectivity index (χ4n) is 2.10. The minimum absolute atomic E-state index is 0.167. The number of ether oxygens (including phenoxy) is 1. The predicted octanol–water partition coefficient (Wildman–Crippen LogP) is 2.88. The molecule has 0 aliphatic carbocycles. The van der Waals surface area contributed by atoms with Gasteiger partial charge in [0.25, 0.3) is 0 Å². The third-order valence-corrected chi connectivity index (χ3v) is 3.25. The zero-order valence-corrected chi connectivity index (χ0v) is 12.4. The number of amides is 1. The van der Waals surface area contributed by atoms with E-state index in [4.69, 9.17) is 9.84 Å². The van der Waals surface area contributed by atoms with Gasteiger partial charge in [0.15, 0.2) is 0 Å². The molecule has 0 radical (unpaired) electrons. The van der Waals surface area contributed by atoms with Gasteiger partial charge in [-0.15, -0.1) is 0 Å². The van der Waals surface area contributed by atoms with Crippen LogP contribution in [0.4, 0.5) is 5.69 Å². The monoisotopic (exact) mass is 299 g/mol. The van der Waals surface area contributed by atoms with Crippen LogP contribution in [0.25, 0.3) is 0 Å². The molecule has 0 fully saturated rings. The lowest BCUT2D eigenvalue weighted by atomic mass is 10.1. The second-order valence-electron chi connectivity index (χ2n) is 4.91. The van der Waals surface area contributed by atoms with Gasteiger partial charge in [-0.25, -0.2) is 4.79 Å². The average molecular weight is 299 g/mol. The van der Waals surface area contributed by atoms with Crippen LogP contribution in [0.1, 0.15) is 21.5 Å². The highest BCUT2D eigenvalue weighted by Gasteiger charge is 2.09. The highest BCUT2D eigenvalue weighted by atomic mass is 16.5. The zero-order valence-electron chi connectivity index (χ0n) is 12.4.